The van der Waals surface area contributed by atoms with E-state index in [0.29, 0.717) is 6.10 Å². The van der Waals surface area contributed by atoms with Gasteiger partial charge in [0.2, 0.25) is 5.13 Å². The fraction of sp³-hybridized carbons (Fsp3) is 0.833. The number of halogens is 1. The Labute approximate surface area is 121 Å². The summed E-state index contributed by atoms with van der Waals surface area (Å²) >= 11 is 4.92. The van der Waals surface area contributed by atoms with Crippen molar-refractivity contribution in [2.24, 2.45) is 0 Å². The third-order valence-corrected chi connectivity index (χ3v) is 4.21. The van der Waals surface area contributed by atoms with Crippen LogP contribution in [-0.2, 0) is 11.2 Å². The fourth-order valence-corrected chi connectivity index (χ4v) is 3.07. The topological polar surface area (TPSA) is 38.2 Å². The predicted molar refractivity (Wildman–Crippen MR) is 78.9 cm³/mol. The minimum Gasteiger partial charge on any atom is -0.377 e. The maximum Gasteiger partial charge on any atom is 0.205 e. The lowest BCUT2D eigenvalue weighted by molar-refractivity contribution is 0.0481. The molecule has 0 spiro atoms. The first-order valence-electron chi connectivity index (χ1n) is 6.58. The van der Waals surface area contributed by atoms with Gasteiger partial charge in [0, 0.05) is 36.4 Å². The molecule has 0 unspecified atom stereocenters. The van der Waals surface area contributed by atoms with E-state index < -0.39 is 0 Å². The summed E-state index contributed by atoms with van der Waals surface area (Å²) in [5.74, 6) is 0.996. The number of rotatable bonds is 6. The molecule has 2 rings (SSSR count). The number of hydrogen-bond acceptors (Lipinski definition) is 5. The van der Waals surface area contributed by atoms with Crippen molar-refractivity contribution in [3.05, 3.63) is 5.82 Å². The van der Waals surface area contributed by atoms with Gasteiger partial charge in [0.15, 0.2) is 0 Å². The van der Waals surface area contributed by atoms with Crippen molar-refractivity contribution in [1.29, 1.82) is 0 Å². The number of nitrogens with zero attached hydrogens (tertiary/aromatic N) is 3. The molecule has 0 N–H and O–H groups in total. The largest absolute Gasteiger partial charge is 0.377 e. The summed E-state index contributed by atoms with van der Waals surface area (Å²) in [6.07, 6.45) is 4.70. The molecular weight excluding hydrogens is 314 g/mol. The van der Waals surface area contributed by atoms with Crippen molar-refractivity contribution in [3.8, 4) is 0 Å². The Morgan fingerprint density at radius 2 is 2.22 bits per heavy atom. The highest BCUT2D eigenvalue weighted by Crippen LogP contribution is 2.23. The third kappa shape index (κ3) is 3.90. The average Bonchev–Trinajstić information content (AvgIpc) is 2.86. The zero-order valence-electron chi connectivity index (χ0n) is 10.8. The zero-order chi connectivity index (χ0) is 12.8. The summed E-state index contributed by atoms with van der Waals surface area (Å²) in [4.78, 5) is 6.93. The highest BCUT2D eigenvalue weighted by atomic mass is 79.9. The Hall–Kier alpha value is -0.200. The van der Waals surface area contributed by atoms with Crippen molar-refractivity contribution in [2.75, 3.05) is 29.9 Å². The first-order chi connectivity index (χ1) is 8.83. The van der Waals surface area contributed by atoms with Crippen molar-refractivity contribution >= 4 is 32.6 Å². The number of alkyl halides is 1. The van der Waals surface area contributed by atoms with Gasteiger partial charge >= 0.3 is 0 Å². The van der Waals surface area contributed by atoms with Gasteiger partial charge in [0.1, 0.15) is 5.82 Å². The molecule has 2 heterocycles. The first-order valence-corrected chi connectivity index (χ1v) is 8.48. The van der Waals surface area contributed by atoms with E-state index in [1.807, 2.05) is 0 Å². The molecule has 1 aromatic rings. The van der Waals surface area contributed by atoms with Crippen molar-refractivity contribution < 1.29 is 4.74 Å². The molecule has 0 amide bonds. The van der Waals surface area contributed by atoms with Crippen LogP contribution in [-0.4, -0.2) is 40.5 Å². The molecule has 1 aromatic heterocycles. The molecule has 0 atom stereocenters. The minimum absolute atomic E-state index is 0.418. The van der Waals surface area contributed by atoms with Gasteiger partial charge in [-0.15, -0.1) is 0 Å². The molecule has 0 bridgehead atoms. The molecule has 1 saturated heterocycles. The van der Waals surface area contributed by atoms with Gasteiger partial charge < -0.3 is 9.64 Å². The Bertz CT molecular complexity index is 353. The van der Waals surface area contributed by atoms with E-state index in [1.165, 1.54) is 11.5 Å². The van der Waals surface area contributed by atoms with Crippen LogP contribution in [0.2, 0.25) is 0 Å². The van der Waals surface area contributed by atoms with E-state index >= 15 is 0 Å². The smallest absolute Gasteiger partial charge is 0.205 e. The highest BCUT2D eigenvalue weighted by molar-refractivity contribution is 9.09. The van der Waals surface area contributed by atoms with Crippen molar-refractivity contribution in [1.82, 2.24) is 9.36 Å². The van der Waals surface area contributed by atoms with Crippen LogP contribution in [0.25, 0.3) is 0 Å². The van der Waals surface area contributed by atoms with E-state index in [0.717, 1.165) is 61.7 Å². The molecule has 1 fully saturated rings. The third-order valence-electron chi connectivity index (χ3n) is 3.07. The molecule has 6 heteroatoms. The summed E-state index contributed by atoms with van der Waals surface area (Å²) < 4.78 is 10.2. The molecule has 0 aromatic carbocycles. The Balaban J connectivity index is 1.81. The number of aryl methyl sites for hydroxylation is 1. The number of ether oxygens (including phenoxy) is 1. The normalized spacial score (nSPS) is 17.3. The lowest BCUT2D eigenvalue weighted by Gasteiger charge is -2.31. The van der Waals surface area contributed by atoms with Gasteiger partial charge in [-0.1, -0.05) is 22.9 Å². The number of piperidine rings is 1. The zero-order valence-corrected chi connectivity index (χ0v) is 13.2. The van der Waals surface area contributed by atoms with Crippen molar-refractivity contribution in [2.45, 2.75) is 38.7 Å². The second kappa shape index (κ2) is 7.40. The molecule has 4 nitrogen and oxygen atoms in total. The maximum absolute atomic E-state index is 5.75. The molecule has 102 valence electrons. The van der Waals surface area contributed by atoms with E-state index in [9.17, 15) is 0 Å². The Morgan fingerprint density at radius 1 is 1.44 bits per heavy atom. The molecular formula is C12H20BrN3OS. The van der Waals surface area contributed by atoms with Crippen LogP contribution in [0.3, 0.4) is 0 Å². The maximum atomic E-state index is 5.75. The standard InChI is InChI=1S/C12H20BrN3OS/c1-2-3-11-14-12(18-15-11)16-7-4-10(5-8-16)17-9-6-13/h10H,2-9H2,1H3. The van der Waals surface area contributed by atoms with Crippen LogP contribution in [0, 0.1) is 0 Å². The van der Waals surface area contributed by atoms with E-state index in [-0.39, 0.29) is 0 Å². The van der Waals surface area contributed by atoms with E-state index in [2.05, 4.69) is 37.1 Å². The van der Waals surface area contributed by atoms with E-state index in [4.69, 9.17) is 4.74 Å². The number of anilines is 1. The first kappa shape index (κ1) is 14.2. The second-order valence-corrected chi connectivity index (χ2v) is 6.01. The van der Waals surface area contributed by atoms with Crippen LogP contribution in [0.4, 0.5) is 5.13 Å². The summed E-state index contributed by atoms with van der Waals surface area (Å²) in [7, 11) is 0. The van der Waals surface area contributed by atoms with Crippen LogP contribution in [0.15, 0.2) is 0 Å². The minimum atomic E-state index is 0.418. The molecule has 1 aliphatic heterocycles. The van der Waals surface area contributed by atoms with Gasteiger partial charge in [-0.05, 0) is 19.3 Å². The summed E-state index contributed by atoms with van der Waals surface area (Å²) in [5.41, 5.74) is 0. The second-order valence-electron chi connectivity index (χ2n) is 4.49. The average molecular weight is 334 g/mol. The van der Waals surface area contributed by atoms with Crippen molar-refractivity contribution in [3.63, 3.8) is 0 Å². The lowest BCUT2D eigenvalue weighted by Crippen LogP contribution is -2.37. The number of aromatic nitrogens is 2. The molecule has 0 aliphatic carbocycles. The van der Waals surface area contributed by atoms with Gasteiger partial charge in [-0.2, -0.15) is 4.37 Å². The monoisotopic (exact) mass is 333 g/mol. The van der Waals surface area contributed by atoms with Crippen LogP contribution in [0.1, 0.15) is 32.0 Å². The van der Waals surface area contributed by atoms with Gasteiger partial charge in [0.05, 0.1) is 12.7 Å². The summed E-state index contributed by atoms with van der Waals surface area (Å²) in [6, 6.07) is 0. The quantitative estimate of drug-likeness (QED) is 0.750. The molecule has 18 heavy (non-hydrogen) atoms. The summed E-state index contributed by atoms with van der Waals surface area (Å²) in [6.45, 7) is 5.04. The lowest BCUT2D eigenvalue weighted by atomic mass is 10.1. The molecule has 0 radical (unpaired) electrons. The summed E-state index contributed by atoms with van der Waals surface area (Å²) in [5, 5.41) is 2.00. The highest BCUT2D eigenvalue weighted by Gasteiger charge is 2.21. The predicted octanol–water partition coefficient (Wildman–Crippen LogP) is 2.87. The Kier molecular flexibility index (Phi) is 5.85. The Morgan fingerprint density at radius 3 is 2.89 bits per heavy atom. The SMILES string of the molecule is CCCc1nsc(N2CCC(OCCBr)CC2)n1. The van der Waals surface area contributed by atoms with Gasteiger partial charge in [0.25, 0.3) is 0 Å². The molecule has 0 saturated carbocycles. The van der Waals surface area contributed by atoms with E-state index in [1.54, 1.807) is 0 Å². The van der Waals surface area contributed by atoms with Crippen LogP contribution in [0.5, 0.6) is 0 Å². The van der Waals surface area contributed by atoms with Crippen LogP contribution >= 0.6 is 27.5 Å². The van der Waals surface area contributed by atoms with Gasteiger partial charge in [-0.25, -0.2) is 4.98 Å². The van der Waals surface area contributed by atoms with Gasteiger partial charge in [-0.3, -0.25) is 0 Å². The fourth-order valence-electron chi connectivity index (χ4n) is 2.12. The number of hydrogen-bond donors (Lipinski definition) is 0. The van der Waals surface area contributed by atoms with Crippen LogP contribution < -0.4 is 4.90 Å². The molecule has 1 aliphatic rings.